The summed E-state index contributed by atoms with van der Waals surface area (Å²) in [6.45, 7) is 2.85. The number of nitrogens with one attached hydrogen (secondary N) is 1. The second-order valence-corrected chi connectivity index (χ2v) is 2.84. The summed E-state index contributed by atoms with van der Waals surface area (Å²) in [4.78, 5) is 2.03. The largest absolute Gasteiger partial charge is 0.363 e. The number of piperidine rings is 1. The molecule has 0 aromatic heterocycles. The Kier molecular flexibility index (Phi) is 2.68. The Labute approximate surface area is 61.7 Å². The number of nitrogens with zero attached hydrogens (tertiary/aromatic N) is 1. The topological polar surface area (TPSA) is 53.1 Å². The summed E-state index contributed by atoms with van der Waals surface area (Å²) in [7, 11) is 0. The van der Waals surface area contributed by atoms with Gasteiger partial charge in [0.1, 0.15) is 0 Å². The number of hydrogen-bond donors (Lipinski definition) is 2. The van der Waals surface area contributed by atoms with E-state index in [1.54, 1.807) is 0 Å². The van der Waals surface area contributed by atoms with Crippen LogP contribution < -0.4 is 5.73 Å². The van der Waals surface area contributed by atoms with Crippen molar-refractivity contribution >= 4 is 6.34 Å². The monoisotopic (exact) mass is 141 g/mol. The van der Waals surface area contributed by atoms with E-state index in [1.807, 2.05) is 4.90 Å². The van der Waals surface area contributed by atoms with E-state index in [0.717, 1.165) is 32.5 Å². The van der Waals surface area contributed by atoms with Gasteiger partial charge < -0.3 is 10.6 Å². The molecule has 3 nitrogen and oxygen atoms in total. The molecule has 58 valence electrons. The van der Waals surface area contributed by atoms with Crippen molar-refractivity contribution in [3.8, 4) is 0 Å². The second kappa shape index (κ2) is 3.56. The van der Waals surface area contributed by atoms with Gasteiger partial charge in [0.2, 0.25) is 0 Å². The zero-order valence-electron chi connectivity index (χ0n) is 6.21. The Morgan fingerprint density at radius 1 is 1.50 bits per heavy atom. The van der Waals surface area contributed by atoms with Gasteiger partial charge >= 0.3 is 0 Å². The first-order valence-electron chi connectivity index (χ1n) is 3.81. The number of rotatable bonds is 2. The van der Waals surface area contributed by atoms with Crippen molar-refractivity contribution in [2.75, 3.05) is 19.6 Å². The molecule has 0 aromatic rings. The van der Waals surface area contributed by atoms with E-state index >= 15 is 0 Å². The van der Waals surface area contributed by atoms with Crippen LogP contribution in [0.2, 0.25) is 0 Å². The first kappa shape index (κ1) is 7.54. The van der Waals surface area contributed by atoms with Crippen molar-refractivity contribution in [1.29, 1.82) is 5.41 Å². The van der Waals surface area contributed by atoms with Gasteiger partial charge in [0, 0.05) is 13.1 Å². The van der Waals surface area contributed by atoms with Crippen LogP contribution in [0, 0.1) is 11.3 Å². The molecule has 0 unspecified atom stereocenters. The van der Waals surface area contributed by atoms with Gasteiger partial charge in [0.15, 0.2) is 0 Å². The van der Waals surface area contributed by atoms with Gasteiger partial charge in [-0.1, -0.05) is 0 Å². The Hall–Kier alpha value is -0.570. The maximum atomic E-state index is 6.99. The zero-order chi connectivity index (χ0) is 7.40. The molecule has 0 spiro atoms. The molecule has 1 rings (SSSR count). The molecule has 1 aliphatic rings. The fourth-order valence-corrected chi connectivity index (χ4v) is 1.32. The highest BCUT2D eigenvalue weighted by Crippen LogP contribution is 2.13. The molecule has 10 heavy (non-hydrogen) atoms. The number of nitrogens with two attached hydrogens (primary N) is 1. The van der Waals surface area contributed by atoms with E-state index in [-0.39, 0.29) is 0 Å². The van der Waals surface area contributed by atoms with Crippen molar-refractivity contribution in [3.05, 3.63) is 0 Å². The van der Waals surface area contributed by atoms with Crippen molar-refractivity contribution in [1.82, 2.24) is 4.90 Å². The lowest BCUT2D eigenvalue weighted by Crippen LogP contribution is -2.34. The van der Waals surface area contributed by atoms with Crippen LogP contribution >= 0.6 is 0 Å². The highest BCUT2D eigenvalue weighted by molar-refractivity contribution is 5.50. The fraction of sp³-hybridized carbons (Fsp3) is 0.857. The van der Waals surface area contributed by atoms with Crippen molar-refractivity contribution in [3.63, 3.8) is 0 Å². The molecule has 0 aromatic carbocycles. The second-order valence-electron chi connectivity index (χ2n) is 2.84. The minimum absolute atomic E-state index is 0.705. The summed E-state index contributed by atoms with van der Waals surface area (Å²) in [6, 6.07) is 0. The molecule has 1 saturated heterocycles. The predicted molar refractivity (Wildman–Crippen MR) is 42.1 cm³/mol. The molecule has 0 radical (unpaired) electrons. The van der Waals surface area contributed by atoms with Gasteiger partial charge in [-0.05, 0) is 25.3 Å². The molecule has 0 atom stereocenters. The van der Waals surface area contributed by atoms with Crippen LogP contribution in [0.15, 0.2) is 0 Å². The molecule has 3 heteroatoms. The Morgan fingerprint density at radius 3 is 2.50 bits per heavy atom. The normalized spacial score (nSPS) is 21.1. The number of likely N-dealkylation sites (tertiary alicyclic amines) is 1. The lowest BCUT2D eigenvalue weighted by molar-refractivity contribution is 0.276. The highest BCUT2D eigenvalue weighted by Gasteiger charge is 2.14. The smallest absolute Gasteiger partial charge is 0.0817 e. The third-order valence-electron chi connectivity index (χ3n) is 2.17. The van der Waals surface area contributed by atoms with Crippen LogP contribution in [0.4, 0.5) is 0 Å². The predicted octanol–water partition coefficient (Wildman–Crippen LogP) is 0.264. The van der Waals surface area contributed by atoms with E-state index in [1.165, 1.54) is 6.34 Å². The average molecular weight is 141 g/mol. The summed E-state index contributed by atoms with van der Waals surface area (Å²) in [5.74, 6) is 0.705. The molecule has 0 aliphatic carbocycles. The summed E-state index contributed by atoms with van der Waals surface area (Å²) >= 11 is 0. The molecule has 0 bridgehead atoms. The highest BCUT2D eigenvalue weighted by atomic mass is 15.1. The summed E-state index contributed by atoms with van der Waals surface area (Å²) in [5.41, 5.74) is 5.51. The third-order valence-corrected chi connectivity index (χ3v) is 2.17. The van der Waals surface area contributed by atoms with E-state index in [4.69, 9.17) is 11.1 Å². The van der Waals surface area contributed by atoms with Gasteiger partial charge in [-0.2, -0.15) is 0 Å². The Morgan fingerprint density at radius 2 is 2.10 bits per heavy atom. The molecular weight excluding hydrogens is 126 g/mol. The summed E-state index contributed by atoms with van der Waals surface area (Å²) in [6.07, 6.45) is 3.74. The van der Waals surface area contributed by atoms with Crippen LogP contribution in [0.5, 0.6) is 0 Å². The lowest BCUT2D eigenvalue weighted by Gasteiger charge is -2.29. The molecular formula is C7H15N3. The molecule has 1 aliphatic heterocycles. The summed E-state index contributed by atoms with van der Waals surface area (Å²) < 4.78 is 0. The van der Waals surface area contributed by atoms with Crippen LogP contribution in [0.1, 0.15) is 12.8 Å². The molecule has 3 N–H and O–H groups in total. The first-order chi connectivity index (χ1) is 4.86. The minimum Gasteiger partial charge on any atom is -0.363 e. The van der Waals surface area contributed by atoms with E-state index < -0.39 is 0 Å². The van der Waals surface area contributed by atoms with Gasteiger partial charge in [-0.3, -0.25) is 5.41 Å². The third kappa shape index (κ3) is 1.70. The summed E-state index contributed by atoms with van der Waals surface area (Å²) in [5, 5.41) is 6.99. The van der Waals surface area contributed by atoms with Crippen LogP contribution in [-0.2, 0) is 0 Å². The van der Waals surface area contributed by atoms with Gasteiger partial charge in [-0.15, -0.1) is 0 Å². The molecule has 1 fully saturated rings. The van der Waals surface area contributed by atoms with Gasteiger partial charge in [0.25, 0.3) is 0 Å². The molecule has 1 heterocycles. The van der Waals surface area contributed by atoms with Crippen molar-refractivity contribution < 1.29 is 0 Å². The quantitative estimate of drug-likeness (QED) is 0.428. The van der Waals surface area contributed by atoms with Crippen LogP contribution in [-0.4, -0.2) is 30.9 Å². The maximum Gasteiger partial charge on any atom is 0.0817 e. The molecule has 0 saturated carbocycles. The fourth-order valence-electron chi connectivity index (χ4n) is 1.32. The van der Waals surface area contributed by atoms with E-state index in [0.29, 0.717) is 5.92 Å². The minimum atomic E-state index is 0.705. The van der Waals surface area contributed by atoms with Gasteiger partial charge in [-0.25, -0.2) is 0 Å². The van der Waals surface area contributed by atoms with Crippen LogP contribution in [0.25, 0.3) is 0 Å². The SMILES string of the molecule is N=CN1CCC(CN)CC1. The Balaban J connectivity index is 2.23. The first-order valence-corrected chi connectivity index (χ1v) is 3.81. The zero-order valence-corrected chi connectivity index (χ0v) is 6.21. The van der Waals surface area contributed by atoms with Gasteiger partial charge in [0.05, 0.1) is 6.34 Å². The van der Waals surface area contributed by atoms with E-state index in [9.17, 15) is 0 Å². The standard InChI is InChI=1S/C7H15N3/c8-5-7-1-3-10(6-9)4-2-7/h6-7,9H,1-5,8H2. The Bertz CT molecular complexity index is 105. The van der Waals surface area contributed by atoms with Crippen LogP contribution in [0.3, 0.4) is 0 Å². The molecule has 0 amide bonds. The maximum absolute atomic E-state index is 6.99. The van der Waals surface area contributed by atoms with Crippen molar-refractivity contribution in [2.45, 2.75) is 12.8 Å². The average Bonchev–Trinajstić information content (AvgIpc) is 2.05. The lowest BCUT2D eigenvalue weighted by atomic mass is 9.98. The van der Waals surface area contributed by atoms with Crippen molar-refractivity contribution in [2.24, 2.45) is 11.7 Å². The van der Waals surface area contributed by atoms with E-state index in [2.05, 4.69) is 0 Å². The number of hydrogen-bond acceptors (Lipinski definition) is 2.